The SMILES string of the molecule is CCc1cc(-c2ccc(-c3c(CC)cc(C=O)cc3CC)s2)cc(CC)c1C=O. The van der Waals surface area contributed by atoms with E-state index in [9.17, 15) is 9.59 Å². The van der Waals surface area contributed by atoms with Crippen molar-refractivity contribution in [3.8, 4) is 20.9 Å². The fourth-order valence-corrected chi connectivity index (χ4v) is 5.13. The lowest BCUT2D eigenvalue weighted by molar-refractivity contribution is 0.111. The van der Waals surface area contributed by atoms with Crippen LogP contribution in [0.1, 0.15) is 70.7 Å². The average Bonchev–Trinajstić information content (AvgIpc) is 3.26. The lowest BCUT2D eigenvalue weighted by Crippen LogP contribution is -1.98. The van der Waals surface area contributed by atoms with Crippen molar-refractivity contribution in [2.24, 2.45) is 0 Å². The molecule has 0 bridgehead atoms. The van der Waals surface area contributed by atoms with Gasteiger partial charge in [0.1, 0.15) is 6.29 Å². The number of aldehydes is 2. The molecule has 0 aliphatic heterocycles. The van der Waals surface area contributed by atoms with Crippen molar-refractivity contribution in [3.63, 3.8) is 0 Å². The molecular formula is C26H28O2S. The molecule has 3 heteroatoms. The number of carbonyl (C=O) groups excluding carboxylic acids is 2. The van der Waals surface area contributed by atoms with Gasteiger partial charge >= 0.3 is 0 Å². The molecule has 0 aliphatic carbocycles. The molecule has 0 spiro atoms. The topological polar surface area (TPSA) is 34.1 Å². The van der Waals surface area contributed by atoms with Gasteiger partial charge in [0.2, 0.25) is 0 Å². The van der Waals surface area contributed by atoms with Crippen LogP contribution >= 0.6 is 11.3 Å². The molecule has 3 rings (SSSR count). The van der Waals surface area contributed by atoms with Crippen molar-refractivity contribution in [2.45, 2.75) is 53.4 Å². The summed E-state index contributed by atoms with van der Waals surface area (Å²) >= 11 is 1.79. The molecule has 0 fully saturated rings. The van der Waals surface area contributed by atoms with Gasteiger partial charge < -0.3 is 0 Å². The van der Waals surface area contributed by atoms with Crippen molar-refractivity contribution in [3.05, 3.63) is 69.8 Å². The number of carbonyl (C=O) groups is 2. The highest BCUT2D eigenvalue weighted by Gasteiger charge is 2.15. The second-order valence-electron chi connectivity index (χ2n) is 7.24. The van der Waals surface area contributed by atoms with Crippen molar-refractivity contribution in [1.29, 1.82) is 0 Å². The monoisotopic (exact) mass is 404 g/mol. The first-order chi connectivity index (χ1) is 14.1. The van der Waals surface area contributed by atoms with Gasteiger partial charge in [-0.05, 0) is 95.5 Å². The third kappa shape index (κ3) is 4.11. The zero-order chi connectivity index (χ0) is 21.0. The molecule has 1 aromatic heterocycles. The van der Waals surface area contributed by atoms with Crippen molar-refractivity contribution in [1.82, 2.24) is 0 Å². The number of hydrogen-bond acceptors (Lipinski definition) is 3. The van der Waals surface area contributed by atoms with Gasteiger partial charge in [-0.3, -0.25) is 9.59 Å². The highest BCUT2D eigenvalue weighted by Crippen LogP contribution is 2.39. The third-order valence-electron chi connectivity index (χ3n) is 5.59. The van der Waals surface area contributed by atoms with E-state index in [-0.39, 0.29) is 0 Å². The number of aryl methyl sites for hydroxylation is 4. The summed E-state index contributed by atoms with van der Waals surface area (Å²) in [6.07, 6.45) is 5.42. The average molecular weight is 405 g/mol. The highest BCUT2D eigenvalue weighted by atomic mass is 32.1. The van der Waals surface area contributed by atoms with Crippen LogP contribution in [0.15, 0.2) is 36.4 Å². The van der Waals surface area contributed by atoms with Crippen LogP contribution < -0.4 is 0 Å². The molecule has 0 aliphatic rings. The Morgan fingerprint density at radius 3 is 1.66 bits per heavy atom. The van der Waals surface area contributed by atoms with E-state index >= 15 is 0 Å². The minimum Gasteiger partial charge on any atom is -0.298 e. The van der Waals surface area contributed by atoms with Gasteiger partial charge in [0, 0.05) is 20.9 Å². The summed E-state index contributed by atoms with van der Waals surface area (Å²) in [5.41, 5.74) is 8.73. The Morgan fingerprint density at radius 1 is 0.690 bits per heavy atom. The molecule has 0 radical (unpaired) electrons. The smallest absolute Gasteiger partial charge is 0.150 e. The van der Waals surface area contributed by atoms with E-state index in [0.29, 0.717) is 0 Å². The number of benzene rings is 2. The van der Waals surface area contributed by atoms with Crippen LogP contribution in [0.5, 0.6) is 0 Å². The van der Waals surface area contributed by atoms with E-state index in [2.05, 4.69) is 52.0 Å². The first kappa shape index (κ1) is 21.2. The van der Waals surface area contributed by atoms with E-state index < -0.39 is 0 Å². The number of hydrogen-bond donors (Lipinski definition) is 0. The first-order valence-corrected chi connectivity index (χ1v) is 11.2. The largest absolute Gasteiger partial charge is 0.298 e. The van der Waals surface area contributed by atoms with Gasteiger partial charge in [0.15, 0.2) is 6.29 Å². The molecule has 0 unspecified atom stereocenters. The molecule has 0 saturated heterocycles. The maximum Gasteiger partial charge on any atom is 0.150 e. The van der Waals surface area contributed by atoms with E-state index in [1.807, 2.05) is 12.1 Å². The maximum absolute atomic E-state index is 11.6. The number of thiophene rings is 1. The molecule has 29 heavy (non-hydrogen) atoms. The second kappa shape index (κ2) is 9.32. The van der Waals surface area contributed by atoms with Crippen LogP contribution in [0.4, 0.5) is 0 Å². The second-order valence-corrected chi connectivity index (χ2v) is 8.32. The molecule has 0 amide bonds. The van der Waals surface area contributed by atoms with Crippen LogP contribution in [0.25, 0.3) is 20.9 Å². The van der Waals surface area contributed by atoms with E-state index in [0.717, 1.165) is 60.5 Å². The third-order valence-corrected chi connectivity index (χ3v) is 6.74. The summed E-state index contributed by atoms with van der Waals surface area (Å²) in [4.78, 5) is 25.4. The molecule has 1 heterocycles. The summed E-state index contributed by atoms with van der Waals surface area (Å²) in [5.74, 6) is 0. The Bertz CT molecular complexity index is 993. The Balaban J connectivity index is 2.14. The van der Waals surface area contributed by atoms with Crippen molar-refractivity contribution in [2.75, 3.05) is 0 Å². The summed E-state index contributed by atoms with van der Waals surface area (Å²) in [7, 11) is 0. The normalized spacial score (nSPS) is 10.9. The maximum atomic E-state index is 11.6. The molecule has 3 aromatic rings. The summed E-state index contributed by atoms with van der Waals surface area (Å²) < 4.78 is 0. The van der Waals surface area contributed by atoms with E-state index in [1.54, 1.807) is 11.3 Å². The predicted octanol–water partition coefficient (Wildman–Crippen LogP) is 6.96. The van der Waals surface area contributed by atoms with Crippen LogP contribution in [0.3, 0.4) is 0 Å². The van der Waals surface area contributed by atoms with E-state index in [1.165, 1.54) is 32.0 Å². The first-order valence-electron chi connectivity index (χ1n) is 10.4. The highest BCUT2D eigenvalue weighted by molar-refractivity contribution is 7.18. The molecule has 2 aromatic carbocycles. The summed E-state index contributed by atoms with van der Waals surface area (Å²) in [6.45, 7) is 8.48. The van der Waals surface area contributed by atoms with Crippen LogP contribution in [-0.4, -0.2) is 12.6 Å². The van der Waals surface area contributed by atoms with Gasteiger partial charge in [-0.25, -0.2) is 0 Å². The zero-order valence-electron chi connectivity index (χ0n) is 17.7. The van der Waals surface area contributed by atoms with Crippen molar-refractivity contribution >= 4 is 23.9 Å². The molecule has 0 N–H and O–H groups in total. The van der Waals surface area contributed by atoms with Gasteiger partial charge in [-0.15, -0.1) is 11.3 Å². The van der Waals surface area contributed by atoms with Gasteiger partial charge in [-0.2, -0.15) is 0 Å². The molecule has 2 nitrogen and oxygen atoms in total. The van der Waals surface area contributed by atoms with Gasteiger partial charge in [0.05, 0.1) is 0 Å². The fraction of sp³-hybridized carbons (Fsp3) is 0.308. The minimum atomic E-state index is 0.754. The summed E-state index contributed by atoms with van der Waals surface area (Å²) in [6, 6.07) is 12.7. The Kier molecular flexibility index (Phi) is 6.81. The Labute approximate surface area is 177 Å². The van der Waals surface area contributed by atoms with Crippen LogP contribution in [-0.2, 0) is 25.7 Å². The standard InChI is InChI=1S/C26H28O2S/c1-5-18-13-22(14-19(6-2)23(18)16-28)24-9-10-25(29-24)26-20(7-3)11-17(15-27)12-21(26)8-4/h9-16H,5-8H2,1-4H3. The fourth-order valence-electron chi connectivity index (χ4n) is 4.02. The minimum absolute atomic E-state index is 0.754. The summed E-state index contributed by atoms with van der Waals surface area (Å²) in [5, 5.41) is 0. The van der Waals surface area contributed by atoms with Gasteiger partial charge in [-0.1, -0.05) is 27.7 Å². The van der Waals surface area contributed by atoms with Gasteiger partial charge in [0.25, 0.3) is 0 Å². The molecule has 150 valence electrons. The molecule has 0 atom stereocenters. The molecular weight excluding hydrogens is 376 g/mol. The number of rotatable bonds is 8. The lowest BCUT2D eigenvalue weighted by atomic mass is 9.93. The molecule has 0 saturated carbocycles. The van der Waals surface area contributed by atoms with Crippen molar-refractivity contribution < 1.29 is 9.59 Å². The Morgan fingerprint density at radius 2 is 1.21 bits per heavy atom. The lowest BCUT2D eigenvalue weighted by Gasteiger charge is -2.13. The Hall–Kier alpha value is -2.52. The van der Waals surface area contributed by atoms with Crippen LogP contribution in [0, 0.1) is 0 Å². The van der Waals surface area contributed by atoms with Crippen LogP contribution in [0.2, 0.25) is 0 Å². The quantitative estimate of drug-likeness (QED) is 0.380. The van der Waals surface area contributed by atoms with E-state index in [4.69, 9.17) is 0 Å². The zero-order valence-corrected chi connectivity index (χ0v) is 18.5. The predicted molar refractivity (Wildman–Crippen MR) is 123 cm³/mol.